The number of amides is 1. The predicted molar refractivity (Wildman–Crippen MR) is 105 cm³/mol. The van der Waals surface area contributed by atoms with Crippen LogP contribution in [0.25, 0.3) is 0 Å². The Hall–Kier alpha value is -3.52. The van der Waals surface area contributed by atoms with Crippen LogP contribution in [0.5, 0.6) is 5.75 Å². The number of aromatic nitrogens is 1. The zero-order valence-electron chi connectivity index (χ0n) is 14.9. The van der Waals surface area contributed by atoms with Gasteiger partial charge in [0.25, 0.3) is 5.91 Å². The summed E-state index contributed by atoms with van der Waals surface area (Å²) in [6, 6.07) is 17.6. The molecule has 1 N–H and O–H groups in total. The first-order valence-electron chi connectivity index (χ1n) is 8.30. The van der Waals surface area contributed by atoms with E-state index in [0.29, 0.717) is 5.56 Å². The molecule has 0 radical (unpaired) electrons. The van der Waals surface area contributed by atoms with E-state index in [2.05, 4.69) is 15.5 Å². The van der Waals surface area contributed by atoms with Gasteiger partial charge in [-0.3, -0.25) is 9.78 Å². The molecule has 0 saturated carbocycles. The predicted octanol–water partition coefficient (Wildman–Crippen LogP) is 2.92. The van der Waals surface area contributed by atoms with Gasteiger partial charge >= 0.3 is 10.1 Å². The van der Waals surface area contributed by atoms with Crippen LogP contribution in [0.4, 0.5) is 0 Å². The van der Waals surface area contributed by atoms with E-state index in [1.165, 1.54) is 36.7 Å². The Balaban J connectivity index is 1.62. The minimum absolute atomic E-state index is 0.0842. The normalized spacial score (nSPS) is 11.3. The molecular weight excluding hydrogens is 378 g/mol. The lowest BCUT2D eigenvalue weighted by molar-refractivity contribution is 0.0950. The molecule has 0 aliphatic rings. The second kappa shape index (κ2) is 8.45. The minimum Gasteiger partial charge on any atom is -0.379 e. The van der Waals surface area contributed by atoms with Crippen molar-refractivity contribution in [3.05, 3.63) is 89.7 Å². The van der Waals surface area contributed by atoms with Crippen LogP contribution >= 0.6 is 0 Å². The summed E-state index contributed by atoms with van der Waals surface area (Å²) in [5.74, 6) is -0.253. The summed E-state index contributed by atoms with van der Waals surface area (Å²) >= 11 is 0. The SMILES string of the molecule is Cc1ccc(S(=O)(=O)Oc2ccc(/C=N/NC(=O)c3ccccn3)cc2)cc1. The largest absolute Gasteiger partial charge is 0.379 e. The first kappa shape index (κ1) is 19.2. The number of pyridine rings is 1. The molecule has 28 heavy (non-hydrogen) atoms. The third-order valence-electron chi connectivity index (χ3n) is 3.67. The van der Waals surface area contributed by atoms with Gasteiger partial charge in [-0.15, -0.1) is 0 Å². The number of nitrogens with one attached hydrogen (secondary N) is 1. The molecule has 7 nitrogen and oxygen atoms in total. The number of carbonyl (C=O) groups is 1. The van der Waals surface area contributed by atoms with E-state index in [-0.39, 0.29) is 16.3 Å². The molecule has 1 amide bonds. The summed E-state index contributed by atoms with van der Waals surface area (Å²) in [5.41, 5.74) is 4.23. The standard InChI is InChI=1S/C20H17N3O4S/c1-15-5-11-18(12-6-15)28(25,26)27-17-9-7-16(8-10-17)14-22-23-20(24)19-4-2-3-13-21-19/h2-14H,1H3,(H,23,24)/b22-14+. The summed E-state index contributed by atoms with van der Waals surface area (Å²) in [4.78, 5) is 15.8. The molecule has 0 saturated heterocycles. The van der Waals surface area contributed by atoms with Crippen LogP contribution in [0, 0.1) is 6.92 Å². The van der Waals surface area contributed by atoms with Crippen LogP contribution in [-0.4, -0.2) is 25.5 Å². The minimum atomic E-state index is -3.90. The molecule has 8 heteroatoms. The Labute approximate surface area is 162 Å². The molecule has 0 spiro atoms. The highest BCUT2D eigenvalue weighted by Gasteiger charge is 2.16. The summed E-state index contributed by atoms with van der Waals surface area (Å²) in [6.07, 6.45) is 2.95. The van der Waals surface area contributed by atoms with E-state index in [9.17, 15) is 13.2 Å². The second-order valence-electron chi connectivity index (χ2n) is 5.83. The van der Waals surface area contributed by atoms with Gasteiger partial charge in [-0.2, -0.15) is 13.5 Å². The summed E-state index contributed by atoms with van der Waals surface area (Å²) < 4.78 is 29.7. The number of carbonyl (C=O) groups excluding carboxylic acids is 1. The topological polar surface area (TPSA) is 97.7 Å². The van der Waals surface area contributed by atoms with E-state index in [1.807, 2.05) is 6.92 Å². The summed E-state index contributed by atoms with van der Waals surface area (Å²) in [5, 5.41) is 3.85. The van der Waals surface area contributed by atoms with Crippen LogP contribution in [0.3, 0.4) is 0 Å². The molecule has 2 aromatic carbocycles. The highest BCUT2D eigenvalue weighted by atomic mass is 32.2. The van der Waals surface area contributed by atoms with E-state index < -0.39 is 16.0 Å². The molecule has 0 aliphatic carbocycles. The van der Waals surface area contributed by atoms with Crippen molar-refractivity contribution in [2.75, 3.05) is 0 Å². The van der Waals surface area contributed by atoms with Crippen molar-refractivity contribution in [1.82, 2.24) is 10.4 Å². The zero-order chi connectivity index (χ0) is 20.0. The maximum absolute atomic E-state index is 12.3. The fraction of sp³-hybridized carbons (Fsp3) is 0.0500. The molecular formula is C20H17N3O4S. The molecule has 0 fully saturated rings. The van der Waals surface area contributed by atoms with Gasteiger partial charge in [0.15, 0.2) is 0 Å². The molecule has 3 aromatic rings. The Morgan fingerprint density at radius 3 is 2.39 bits per heavy atom. The van der Waals surface area contributed by atoms with Gasteiger partial charge in [-0.25, -0.2) is 5.43 Å². The van der Waals surface area contributed by atoms with E-state index in [4.69, 9.17) is 4.18 Å². The van der Waals surface area contributed by atoms with Gasteiger partial charge in [0.1, 0.15) is 16.3 Å². The number of benzene rings is 2. The quantitative estimate of drug-likeness (QED) is 0.393. The third-order valence-corrected chi connectivity index (χ3v) is 4.93. The highest BCUT2D eigenvalue weighted by molar-refractivity contribution is 7.87. The maximum Gasteiger partial charge on any atom is 0.339 e. The van der Waals surface area contributed by atoms with Crippen LogP contribution in [-0.2, 0) is 10.1 Å². The molecule has 142 valence electrons. The number of hydrogen-bond donors (Lipinski definition) is 1. The lowest BCUT2D eigenvalue weighted by Gasteiger charge is -2.07. The smallest absolute Gasteiger partial charge is 0.339 e. The molecule has 1 aromatic heterocycles. The zero-order valence-corrected chi connectivity index (χ0v) is 15.8. The van der Waals surface area contributed by atoms with E-state index in [1.54, 1.807) is 42.5 Å². The van der Waals surface area contributed by atoms with Crippen molar-refractivity contribution in [3.8, 4) is 5.75 Å². The fourth-order valence-electron chi connectivity index (χ4n) is 2.21. The van der Waals surface area contributed by atoms with Gasteiger partial charge in [-0.1, -0.05) is 23.8 Å². The van der Waals surface area contributed by atoms with Gasteiger partial charge < -0.3 is 4.18 Å². The van der Waals surface area contributed by atoms with Gasteiger partial charge in [-0.05, 0) is 61.0 Å². The van der Waals surface area contributed by atoms with Crippen molar-refractivity contribution >= 4 is 22.2 Å². The van der Waals surface area contributed by atoms with Crippen LogP contribution in [0.15, 0.2) is 82.9 Å². The van der Waals surface area contributed by atoms with Crippen molar-refractivity contribution in [2.45, 2.75) is 11.8 Å². The van der Waals surface area contributed by atoms with Crippen LogP contribution < -0.4 is 9.61 Å². The van der Waals surface area contributed by atoms with Gasteiger partial charge in [0, 0.05) is 6.20 Å². The Morgan fingerprint density at radius 2 is 1.75 bits per heavy atom. The number of rotatable bonds is 6. The van der Waals surface area contributed by atoms with Gasteiger partial charge in [0.2, 0.25) is 0 Å². The Kier molecular flexibility index (Phi) is 5.81. The monoisotopic (exact) mass is 395 g/mol. The first-order valence-corrected chi connectivity index (χ1v) is 9.70. The first-order chi connectivity index (χ1) is 13.4. The van der Waals surface area contributed by atoms with Crippen LogP contribution in [0.1, 0.15) is 21.6 Å². The fourth-order valence-corrected chi connectivity index (χ4v) is 3.14. The second-order valence-corrected chi connectivity index (χ2v) is 7.38. The molecule has 0 bridgehead atoms. The number of aryl methyl sites for hydroxylation is 1. The summed E-state index contributed by atoms with van der Waals surface area (Å²) in [7, 11) is -3.90. The number of hydrazone groups is 1. The molecule has 0 unspecified atom stereocenters. The molecule has 0 atom stereocenters. The average molecular weight is 395 g/mol. The van der Waals surface area contributed by atoms with Crippen molar-refractivity contribution in [3.63, 3.8) is 0 Å². The number of hydrogen-bond acceptors (Lipinski definition) is 6. The lowest BCUT2D eigenvalue weighted by Crippen LogP contribution is -2.18. The average Bonchev–Trinajstić information content (AvgIpc) is 2.70. The van der Waals surface area contributed by atoms with Gasteiger partial charge in [0.05, 0.1) is 6.21 Å². The van der Waals surface area contributed by atoms with Crippen molar-refractivity contribution in [2.24, 2.45) is 5.10 Å². The highest BCUT2D eigenvalue weighted by Crippen LogP contribution is 2.19. The Bertz CT molecular complexity index is 1080. The number of nitrogens with zero attached hydrogens (tertiary/aromatic N) is 2. The Morgan fingerprint density at radius 1 is 1.04 bits per heavy atom. The summed E-state index contributed by atoms with van der Waals surface area (Å²) in [6.45, 7) is 1.87. The molecule has 0 aliphatic heterocycles. The molecule has 3 rings (SSSR count). The van der Waals surface area contributed by atoms with Crippen molar-refractivity contribution in [1.29, 1.82) is 0 Å². The van der Waals surface area contributed by atoms with E-state index in [0.717, 1.165) is 5.56 Å². The van der Waals surface area contributed by atoms with Crippen molar-refractivity contribution < 1.29 is 17.4 Å². The lowest BCUT2D eigenvalue weighted by atomic mass is 10.2. The third kappa shape index (κ3) is 5.01. The van der Waals surface area contributed by atoms with E-state index >= 15 is 0 Å². The molecule has 1 heterocycles. The van der Waals surface area contributed by atoms with Crippen LogP contribution in [0.2, 0.25) is 0 Å². The maximum atomic E-state index is 12.3.